The van der Waals surface area contributed by atoms with Crippen LogP contribution in [-0.4, -0.2) is 28.9 Å². The van der Waals surface area contributed by atoms with Gasteiger partial charge in [0.15, 0.2) is 6.67 Å². The number of carbonyl (C=O) groups is 1. The molecular formula is C12H8ClF3O2S. The van der Waals surface area contributed by atoms with Crippen LogP contribution in [0.25, 0.3) is 6.08 Å². The highest BCUT2D eigenvalue weighted by Crippen LogP contribution is 2.45. The number of hydrogen-bond donors (Lipinski definition) is 1. The first kappa shape index (κ1) is 14.3. The lowest BCUT2D eigenvalue weighted by atomic mass is 10.0. The van der Waals surface area contributed by atoms with Gasteiger partial charge < -0.3 is 5.11 Å². The minimum absolute atomic E-state index is 0.371. The maximum absolute atomic E-state index is 13.5. The van der Waals surface area contributed by atoms with Crippen molar-refractivity contribution in [3.05, 3.63) is 34.4 Å². The number of benzene rings is 1. The maximum atomic E-state index is 13.5. The predicted molar refractivity (Wildman–Crippen MR) is 67.6 cm³/mol. The summed E-state index contributed by atoms with van der Waals surface area (Å²) in [4.78, 5) is 11.5. The van der Waals surface area contributed by atoms with E-state index in [1.807, 2.05) is 0 Å². The third-order valence-corrected chi connectivity index (χ3v) is 4.31. The second kappa shape index (κ2) is 5.09. The van der Waals surface area contributed by atoms with Crippen molar-refractivity contribution >= 4 is 35.4 Å². The van der Waals surface area contributed by atoms with E-state index in [2.05, 4.69) is 0 Å². The summed E-state index contributed by atoms with van der Waals surface area (Å²) in [7, 11) is 0. The number of thioether (sulfide) groups is 1. The fourth-order valence-corrected chi connectivity index (χ4v) is 3.10. The fraction of sp³-hybridized carbons (Fsp3) is 0.250. The van der Waals surface area contributed by atoms with E-state index in [1.54, 1.807) is 0 Å². The van der Waals surface area contributed by atoms with Gasteiger partial charge in [-0.1, -0.05) is 11.6 Å². The van der Waals surface area contributed by atoms with E-state index in [-0.39, 0.29) is 0 Å². The Balaban J connectivity index is 2.52. The molecule has 1 aliphatic heterocycles. The van der Waals surface area contributed by atoms with Crippen LogP contribution in [0.15, 0.2) is 28.7 Å². The first-order valence-electron chi connectivity index (χ1n) is 5.20. The van der Waals surface area contributed by atoms with Crippen LogP contribution >= 0.6 is 23.4 Å². The van der Waals surface area contributed by atoms with E-state index in [0.717, 1.165) is 6.08 Å². The van der Waals surface area contributed by atoms with Crippen molar-refractivity contribution in [2.75, 3.05) is 6.67 Å². The van der Waals surface area contributed by atoms with Gasteiger partial charge in [-0.05, 0) is 29.8 Å². The number of rotatable bonds is 3. The largest absolute Gasteiger partial charge is 0.478 e. The summed E-state index contributed by atoms with van der Waals surface area (Å²) in [6, 6.07) is 4.51. The third kappa shape index (κ3) is 2.74. The molecule has 1 atom stereocenters. The lowest BCUT2D eigenvalue weighted by Gasteiger charge is -2.28. The first-order valence-corrected chi connectivity index (χ1v) is 6.46. The van der Waals surface area contributed by atoms with Gasteiger partial charge in [0.25, 0.3) is 5.92 Å². The fourth-order valence-electron chi connectivity index (χ4n) is 1.73. The molecule has 2 rings (SSSR count). The van der Waals surface area contributed by atoms with Gasteiger partial charge in [0.05, 0.1) is 5.57 Å². The number of carboxylic acids is 1. The van der Waals surface area contributed by atoms with Crippen molar-refractivity contribution in [2.45, 2.75) is 16.1 Å². The summed E-state index contributed by atoms with van der Waals surface area (Å²) in [6.45, 7) is -1.90. The zero-order valence-corrected chi connectivity index (χ0v) is 10.9. The Hall–Kier alpha value is -1.14. The molecule has 7 heteroatoms. The summed E-state index contributed by atoms with van der Waals surface area (Å²) < 4.78 is 39.4. The van der Waals surface area contributed by atoms with E-state index in [1.165, 1.54) is 18.2 Å². The average Bonchev–Trinajstić information content (AvgIpc) is 2.36. The Kier molecular flexibility index (Phi) is 3.82. The van der Waals surface area contributed by atoms with Crippen LogP contribution < -0.4 is 0 Å². The summed E-state index contributed by atoms with van der Waals surface area (Å²) in [5.74, 6) is -5.22. The number of carboxylic acid groups (broad SMARTS) is 1. The van der Waals surface area contributed by atoms with Crippen molar-refractivity contribution in [1.82, 2.24) is 0 Å². The van der Waals surface area contributed by atoms with Crippen LogP contribution in [0.2, 0.25) is 5.02 Å². The van der Waals surface area contributed by atoms with Gasteiger partial charge >= 0.3 is 5.97 Å². The topological polar surface area (TPSA) is 37.3 Å². The number of hydrogen-bond acceptors (Lipinski definition) is 2. The van der Waals surface area contributed by atoms with Crippen LogP contribution in [0.4, 0.5) is 13.2 Å². The molecule has 0 aromatic heterocycles. The van der Waals surface area contributed by atoms with Crippen LogP contribution in [-0.2, 0) is 4.79 Å². The molecular weight excluding hydrogens is 301 g/mol. The van der Waals surface area contributed by atoms with Crippen LogP contribution in [0.1, 0.15) is 5.56 Å². The zero-order valence-electron chi connectivity index (χ0n) is 9.37. The van der Waals surface area contributed by atoms with Crippen molar-refractivity contribution in [3.8, 4) is 0 Å². The minimum atomic E-state index is -3.73. The quantitative estimate of drug-likeness (QED) is 0.920. The molecule has 1 aliphatic rings. The monoisotopic (exact) mass is 308 g/mol. The van der Waals surface area contributed by atoms with Gasteiger partial charge in [-0.25, -0.2) is 18.0 Å². The Morgan fingerprint density at radius 1 is 1.47 bits per heavy atom. The summed E-state index contributed by atoms with van der Waals surface area (Å²) in [6.07, 6.45) is 1.12. The molecule has 1 unspecified atom stereocenters. The Bertz CT molecular complexity index is 560. The van der Waals surface area contributed by atoms with E-state index >= 15 is 0 Å². The Labute approximate surface area is 116 Å². The van der Waals surface area contributed by atoms with Crippen molar-refractivity contribution in [3.63, 3.8) is 0 Å². The van der Waals surface area contributed by atoms with Gasteiger partial charge in [0, 0.05) is 9.92 Å². The van der Waals surface area contributed by atoms with E-state index in [4.69, 9.17) is 16.7 Å². The third-order valence-electron chi connectivity index (χ3n) is 2.62. The van der Waals surface area contributed by atoms with Crippen molar-refractivity contribution in [1.29, 1.82) is 0 Å². The normalized spacial score (nSPS) is 18.7. The highest BCUT2D eigenvalue weighted by Gasteiger charge is 2.46. The smallest absolute Gasteiger partial charge is 0.332 e. The maximum Gasteiger partial charge on any atom is 0.332 e. The molecule has 19 heavy (non-hydrogen) atoms. The number of fused-ring (bicyclic) bond motifs is 1. The molecule has 0 fully saturated rings. The molecule has 1 aromatic rings. The number of halogens is 4. The van der Waals surface area contributed by atoms with Gasteiger partial charge in [0.1, 0.15) is 5.25 Å². The SMILES string of the molecule is O=C(O)C1=Cc2cc(Cl)ccc2SC1C(F)(F)CF. The number of aliphatic carboxylic acids is 1. The predicted octanol–water partition coefficient (Wildman–Crippen LogP) is 3.89. The molecule has 0 saturated heterocycles. The van der Waals surface area contributed by atoms with Gasteiger partial charge in [-0.3, -0.25) is 0 Å². The highest BCUT2D eigenvalue weighted by molar-refractivity contribution is 8.00. The van der Waals surface area contributed by atoms with Crippen LogP contribution in [0.5, 0.6) is 0 Å². The van der Waals surface area contributed by atoms with Gasteiger partial charge in [0.2, 0.25) is 0 Å². The van der Waals surface area contributed by atoms with Crippen molar-refractivity contribution < 1.29 is 23.1 Å². The van der Waals surface area contributed by atoms with E-state index < -0.39 is 29.4 Å². The Morgan fingerprint density at radius 3 is 2.74 bits per heavy atom. The second-order valence-electron chi connectivity index (χ2n) is 3.98. The standard InChI is InChI=1S/C12H8ClF3O2S/c13-7-1-2-9-6(3-7)4-8(11(17)18)10(19-9)12(15,16)5-14/h1-4,10H,5H2,(H,17,18). The molecule has 0 bridgehead atoms. The van der Waals surface area contributed by atoms with E-state index in [9.17, 15) is 18.0 Å². The zero-order chi connectivity index (χ0) is 14.2. The molecule has 1 aromatic carbocycles. The van der Waals surface area contributed by atoms with Crippen LogP contribution in [0.3, 0.4) is 0 Å². The van der Waals surface area contributed by atoms with Gasteiger partial charge in [-0.2, -0.15) is 0 Å². The molecule has 0 amide bonds. The average molecular weight is 309 g/mol. The first-order chi connectivity index (χ1) is 8.85. The molecule has 102 valence electrons. The molecule has 0 spiro atoms. The molecule has 0 aliphatic carbocycles. The summed E-state index contributed by atoms with van der Waals surface area (Å²) >= 11 is 6.40. The molecule has 2 nitrogen and oxygen atoms in total. The molecule has 1 heterocycles. The number of alkyl halides is 3. The Morgan fingerprint density at radius 2 is 2.16 bits per heavy atom. The summed E-state index contributed by atoms with van der Waals surface area (Å²) in [5, 5.41) is 7.62. The molecule has 0 saturated carbocycles. The summed E-state index contributed by atoms with van der Waals surface area (Å²) in [5.41, 5.74) is -0.0803. The van der Waals surface area contributed by atoms with Gasteiger partial charge in [-0.15, -0.1) is 11.8 Å². The second-order valence-corrected chi connectivity index (χ2v) is 5.56. The lowest BCUT2D eigenvalue weighted by Crippen LogP contribution is -2.38. The van der Waals surface area contributed by atoms with Crippen LogP contribution in [0, 0.1) is 0 Å². The minimum Gasteiger partial charge on any atom is -0.478 e. The lowest BCUT2D eigenvalue weighted by molar-refractivity contribution is -0.133. The highest BCUT2D eigenvalue weighted by atomic mass is 35.5. The molecule has 0 radical (unpaired) electrons. The molecule has 1 N–H and O–H groups in total. The van der Waals surface area contributed by atoms with Crippen molar-refractivity contribution in [2.24, 2.45) is 0 Å². The van der Waals surface area contributed by atoms with E-state index in [0.29, 0.717) is 27.2 Å².